The fourth-order valence-corrected chi connectivity index (χ4v) is 2.53. The number of amides is 3. The summed E-state index contributed by atoms with van der Waals surface area (Å²) in [5, 5.41) is 5.17. The molecule has 0 aliphatic carbocycles. The molecule has 0 bridgehead atoms. The Labute approximate surface area is 145 Å². The fourth-order valence-electron chi connectivity index (χ4n) is 2.53. The third-order valence-corrected chi connectivity index (χ3v) is 3.71. The number of halogens is 1. The highest BCUT2D eigenvalue weighted by atomic mass is 19.1. The molecule has 0 spiro atoms. The van der Waals surface area contributed by atoms with Crippen LogP contribution in [0.25, 0.3) is 0 Å². The summed E-state index contributed by atoms with van der Waals surface area (Å²) in [5.41, 5.74) is 7.22. The van der Waals surface area contributed by atoms with Crippen LogP contribution >= 0.6 is 0 Å². The van der Waals surface area contributed by atoms with E-state index in [9.17, 15) is 14.0 Å². The number of carbonyl (C=O) groups excluding carboxylic acids is 2. The normalized spacial score (nSPS) is 11.5. The lowest BCUT2D eigenvalue weighted by molar-refractivity contribution is -0.116. The minimum atomic E-state index is -0.725. The summed E-state index contributed by atoms with van der Waals surface area (Å²) in [7, 11) is 1.36. The minimum Gasteiger partial charge on any atom is -0.494 e. The summed E-state index contributed by atoms with van der Waals surface area (Å²) in [6.07, 6.45) is -0.0402. The standard InChI is InChI=1S/C18H20FN3O3/c1-11-5-3-4-6-13(11)15(22-18(20)24)10-17(23)21-12-7-8-16(25-2)14(19)9-12/h3-9,15H,10H2,1-2H3,(H,21,23)(H3,20,22,24). The summed E-state index contributed by atoms with van der Waals surface area (Å²) in [4.78, 5) is 23.6. The van der Waals surface area contributed by atoms with Crippen molar-refractivity contribution in [2.24, 2.45) is 5.73 Å². The number of benzene rings is 2. The van der Waals surface area contributed by atoms with E-state index < -0.39 is 17.9 Å². The molecule has 0 saturated heterocycles. The van der Waals surface area contributed by atoms with Crippen LogP contribution < -0.4 is 21.1 Å². The van der Waals surface area contributed by atoms with E-state index in [1.165, 1.54) is 25.3 Å². The van der Waals surface area contributed by atoms with Crippen molar-refractivity contribution in [1.82, 2.24) is 5.32 Å². The van der Waals surface area contributed by atoms with Crippen LogP contribution in [0.5, 0.6) is 5.75 Å². The molecule has 6 nitrogen and oxygen atoms in total. The van der Waals surface area contributed by atoms with Crippen molar-refractivity contribution in [2.45, 2.75) is 19.4 Å². The van der Waals surface area contributed by atoms with Gasteiger partial charge in [0.15, 0.2) is 11.6 Å². The first-order valence-electron chi connectivity index (χ1n) is 7.65. The van der Waals surface area contributed by atoms with Crippen LogP contribution in [-0.2, 0) is 4.79 Å². The van der Waals surface area contributed by atoms with Crippen LogP contribution in [0, 0.1) is 12.7 Å². The number of methoxy groups -OCH3 is 1. The maximum Gasteiger partial charge on any atom is 0.312 e. The SMILES string of the molecule is COc1ccc(NC(=O)CC(NC(N)=O)c2ccccc2C)cc1F. The van der Waals surface area contributed by atoms with E-state index in [-0.39, 0.29) is 18.1 Å². The quantitative estimate of drug-likeness (QED) is 0.751. The molecule has 0 radical (unpaired) electrons. The number of aryl methyl sites for hydroxylation is 1. The van der Waals surface area contributed by atoms with E-state index in [2.05, 4.69) is 10.6 Å². The summed E-state index contributed by atoms with van der Waals surface area (Å²) >= 11 is 0. The molecule has 1 atom stereocenters. The molecule has 132 valence electrons. The van der Waals surface area contributed by atoms with Crippen molar-refractivity contribution in [1.29, 1.82) is 0 Å². The highest BCUT2D eigenvalue weighted by Gasteiger charge is 2.19. The van der Waals surface area contributed by atoms with Gasteiger partial charge < -0.3 is 21.1 Å². The maximum absolute atomic E-state index is 13.7. The van der Waals surface area contributed by atoms with E-state index in [1.807, 2.05) is 31.2 Å². The van der Waals surface area contributed by atoms with Gasteiger partial charge in [-0.15, -0.1) is 0 Å². The van der Waals surface area contributed by atoms with Crippen LogP contribution in [0.1, 0.15) is 23.6 Å². The zero-order chi connectivity index (χ0) is 18.4. The second-order valence-corrected chi connectivity index (χ2v) is 5.52. The summed E-state index contributed by atoms with van der Waals surface area (Å²) < 4.78 is 18.5. The van der Waals surface area contributed by atoms with Gasteiger partial charge in [0.25, 0.3) is 0 Å². The highest BCUT2D eigenvalue weighted by Crippen LogP contribution is 2.23. The molecule has 0 aromatic heterocycles. The lowest BCUT2D eigenvalue weighted by atomic mass is 9.98. The third-order valence-electron chi connectivity index (χ3n) is 3.71. The minimum absolute atomic E-state index is 0.0402. The lowest BCUT2D eigenvalue weighted by Gasteiger charge is -2.19. The first-order valence-corrected chi connectivity index (χ1v) is 7.65. The lowest BCUT2D eigenvalue weighted by Crippen LogP contribution is -2.35. The van der Waals surface area contributed by atoms with Crippen molar-refractivity contribution in [3.8, 4) is 5.75 Å². The summed E-state index contributed by atoms with van der Waals surface area (Å²) in [6, 6.07) is 10.2. The second kappa shape index (κ2) is 8.14. The first-order chi connectivity index (χ1) is 11.9. The summed E-state index contributed by atoms with van der Waals surface area (Å²) in [6.45, 7) is 1.88. The predicted molar refractivity (Wildman–Crippen MR) is 92.8 cm³/mol. The van der Waals surface area contributed by atoms with E-state index in [4.69, 9.17) is 10.5 Å². The molecule has 3 amide bonds. The molecule has 2 rings (SSSR count). The molecule has 0 aliphatic heterocycles. The second-order valence-electron chi connectivity index (χ2n) is 5.52. The Morgan fingerprint density at radius 2 is 1.96 bits per heavy atom. The van der Waals surface area contributed by atoms with Crippen LogP contribution in [0.4, 0.5) is 14.9 Å². The van der Waals surface area contributed by atoms with Crippen LogP contribution in [0.2, 0.25) is 0 Å². The monoisotopic (exact) mass is 345 g/mol. The van der Waals surface area contributed by atoms with Crippen molar-refractivity contribution in [3.63, 3.8) is 0 Å². The molecule has 0 saturated carbocycles. The van der Waals surface area contributed by atoms with Crippen LogP contribution in [0.3, 0.4) is 0 Å². The molecule has 2 aromatic rings. The number of rotatable bonds is 6. The number of ether oxygens (including phenoxy) is 1. The van der Waals surface area contributed by atoms with Crippen LogP contribution in [-0.4, -0.2) is 19.0 Å². The number of hydrogen-bond donors (Lipinski definition) is 3. The Morgan fingerprint density at radius 3 is 2.56 bits per heavy atom. The number of nitrogens with two attached hydrogens (primary N) is 1. The number of anilines is 1. The van der Waals surface area contributed by atoms with E-state index in [0.717, 1.165) is 11.1 Å². The Hall–Kier alpha value is -3.09. The Balaban J connectivity index is 2.13. The molecule has 0 heterocycles. The number of primary amides is 1. The largest absolute Gasteiger partial charge is 0.494 e. The van der Waals surface area contributed by atoms with Gasteiger partial charge in [-0.1, -0.05) is 24.3 Å². The van der Waals surface area contributed by atoms with Crippen molar-refractivity contribution >= 4 is 17.6 Å². The van der Waals surface area contributed by atoms with E-state index in [1.54, 1.807) is 0 Å². The van der Waals surface area contributed by atoms with Crippen molar-refractivity contribution in [2.75, 3.05) is 12.4 Å². The molecule has 0 fully saturated rings. The zero-order valence-corrected chi connectivity index (χ0v) is 14.0. The van der Waals surface area contributed by atoms with Crippen molar-refractivity contribution < 1.29 is 18.7 Å². The number of urea groups is 1. The van der Waals surface area contributed by atoms with Gasteiger partial charge in [0, 0.05) is 11.8 Å². The molecular formula is C18H20FN3O3. The van der Waals surface area contributed by atoms with Gasteiger partial charge in [-0.2, -0.15) is 0 Å². The van der Waals surface area contributed by atoms with Gasteiger partial charge in [-0.3, -0.25) is 4.79 Å². The van der Waals surface area contributed by atoms with Gasteiger partial charge in [-0.05, 0) is 30.2 Å². The smallest absolute Gasteiger partial charge is 0.312 e. The number of hydrogen-bond acceptors (Lipinski definition) is 3. The molecule has 0 aliphatic rings. The van der Waals surface area contributed by atoms with Gasteiger partial charge in [-0.25, -0.2) is 9.18 Å². The molecule has 2 aromatic carbocycles. The van der Waals surface area contributed by atoms with Gasteiger partial charge in [0.05, 0.1) is 19.6 Å². The van der Waals surface area contributed by atoms with E-state index >= 15 is 0 Å². The number of nitrogens with one attached hydrogen (secondary N) is 2. The number of carbonyl (C=O) groups is 2. The average molecular weight is 345 g/mol. The molecule has 7 heteroatoms. The molecule has 1 unspecified atom stereocenters. The fraction of sp³-hybridized carbons (Fsp3) is 0.222. The zero-order valence-electron chi connectivity index (χ0n) is 14.0. The topological polar surface area (TPSA) is 93.4 Å². The predicted octanol–water partition coefficient (Wildman–Crippen LogP) is 2.88. The van der Waals surface area contributed by atoms with E-state index in [0.29, 0.717) is 5.69 Å². The first kappa shape index (κ1) is 18.3. The average Bonchev–Trinajstić information content (AvgIpc) is 2.54. The van der Waals surface area contributed by atoms with Gasteiger partial charge >= 0.3 is 6.03 Å². The summed E-state index contributed by atoms with van der Waals surface area (Å²) in [5.74, 6) is -0.872. The van der Waals surface area contributed by atoms with Gasteiger partial charge in [0.2, 0.25) is 5.91 Å². The third kappa shape index (κ3) is 4.94. The van der Waals surface area contributed by atoms with Crippen molar-refractivity contribution in [3.05, 3.63) is 59.4 Å². The maximum atomic E-state index is 13.7. The Morgan fingerprint density at radius 1 is 1.24 bits per heavy atom. The Kier molecular flexibility index (Phi) is 5.94. The van der Waals surface area contributed by atoms with Gasteiger partial charge in [0.1, 0.15) is 0 Å². The Bertz CT molecular complexity index is 780. The molecular weight excluding hydrogens is 325 g/mol. The molecule has 25 heavy (non-hydrogen) atoms. The van der Waals surface area contributed by atoms with Crippen LogP contribution in [0.15, 0.2) is 42.5 Å². The molecule has 4 N–H and O–H groups in total. The highest BCUT2D eigenvalue weighted by molar-refractivity contribution is 5.91.